The number of carbonyl (C=O) groups is 1. The Hall–Kier alpha value is -1.40. The van der Waals surface area contributed by atoms with Gasteiger partial charge in [0.25, 0.3) is 5.91 Å². The van der Waals surface area contributed by atoms with E-state index in [1.54, 1.807) is 0 Å². The summed E-state index contributed by atoms with van der Waals surface area (Å²) < 4.78 is 5.32. The van der Waals surface area contributed by atoms with Crippen molar-refractivity contribution < 1.29 is 9.32 Å². The summed E-state index contributed by atoms with van der Waals surface area (Å²) in [4.78, 5) is 19.5. The van der Waals surface area contributed by atoms with Crippen LogP contribution in [-0.4, -0.2) is 78.1 Å². The van der Waals surface area contributed by atoms with Gasteiger partial charge in [-0.05, 0) is 39.3 Å². The second-order valence-electron chi connectivity index (χ2n) is 7.61. The van der Waals surface area contributed by atoms with Gasteiger partial charge >= 0.3 is 0 Å². The zero-order valence-electron chi connectivity index (χ0n) is 14.6. The van der Waals surface area contributed by atoms with E-state index in [0.29, 0.717) is 17.7 Å². The molecule has 1 amide bonds. The molecular weight excluding hydrogens is 304 g/mol. The van der Waals surface area contributed by atoms with Gasteiger partial charge in [-0.2, -0.15) is 0 Å². The fourth-order valence-corrected chi connectivity index (χ4v) is 3.92. The first-order chi connectivity index (χ1) is 11.7. The van der Waals surface area contributed by atoms with Crippen LogP contribution in [0.1, 0.15) is 54.3 Å². The van der Waals surface area contributed by atoms with Crippen molar-refractivity contribution in [1.82, 2.24) is 19.9 Å². The zero-order chi connectivity index (χ0) is 16.5. The third-order valence-electron chi connectivity index (χ3n) is 5.78. The van der Waals surface area contributed by atoms with Crippen LogP contribution in [0.2, 0.25) is 0 Å². The van der Waals surface area contributed by atoms with Gasteiger partial charge in [0.15, 0.2) is 5.69 Å². The number of piperidine rings is 1. The lowest BCUT2D eigenvalue weighted by Gasteiger charge is -2.40. The molecule has 0 radical (unpaired) electrons. The quantitative estimate of drug-likeness (QED) is 0.841. The van der Waals surface area contributed by atoms with Crippen LogP contribution in [-0.2, 0) is 0 Å². The van der Waals surface area contributed by atoms with Gasteiger partial charge in [0.1, 0.15) is 5.76 Å². The van der Waals surface area contributed by atoms with Gasteiger partial charge < -0.3 is 14.3 Å². The number of likely N-dealkylation sites (tertiary alicyclic amines) is 1. The molecule has 6 heteroatoms. The maximum absolute atomic E-state index is 12.6. The Bertz CT molecular complexity index is 575. The van der Waals surface area contributed by atoms with E-state index in [0.717, 1.165) is 51.3 Å². The molecule has 1 atom stereocenters. The number of aromatic nitrogens is 1. The highest BCUT2D eigenvalue weighted by molar-refractivity contribution is 5.92. The van der Waals surface area contributed by atoms with E-state index in [-0.39, 0.29) is 5.91 Å². The van der Waals surface area contributed by atoms with Crippen LogP contribution in [0, 0.1) is 0 Å². The molecule has 0 aromatic carbocycles. The largest absolute Gasteiger partial charge is 0.360 e. The predicted octanol–water partition coefficient (Wildman–Crippen LogP) is 1.79. The van der Waals surface area contributed by atoms with Gasteiger partial charge in [-0.15, -0.1) is 0 Å². The lowest BCUT2D eigenvalue weighted by molar-refractivity contribution is 0.0556. The van der Waals surface area contributed by atoms with Crippen molar-refractivity contribution in [1.29, 1.82) is 0 Å². The minimum atomic E-state index is 0.0279. The number of piperazine rings is 1. The van der Waals surface area contributed by atoms with Crippen LogP contribution in [0.3, 0.4) is 0 Å². The van der Waals surface area contributed by atoms with Crippen molar-refractivity contribution in [3.8, 4) is 0 Å². The summed E-state index contributed by atoms with van der Waals surface area (Å²) in [7, 11) is 2.24. The second kappa shape index (κ2) is 6.84. The van der Waals surface area contributed by atoms with Crippen LogP contribution >= 0.6 is 0 Å². The number of rotatable bonds is 4. The molecule has 1 unspecified atom stereocenters. The Morgan fingerprint density at radius 3 is 2.67 bits per heavy atom. The molecule has 0 spiro atoms. The maximum atomic E-state index is 12.6. The van der Waals surface area contributed by atoms with Crippen molar-refractivity contribution in [3.05, 3.63) is 17.5 Å². The van der Waals surface area contributed by atoms with Crippen molar-refractivity contribution in [2.75, 3.05) is 46.3 Å². The Morgan fingerprint density at radius 1 is 1.17 bits per heavy atom. The molecule has 0 N–H and O–H groups in total. The first-order valence-corrected chi connectivity index (χ1v) is 9.39. The molecule has 2 aliphatic heterocycles. The van der Waals surface area contributed by atoms with Gasteiger partial charge in [-0.3, -0.25) is 9.69 Å². The number of likely N-dealkylation sites (N-methyl/N-ethyl adjacent to an activating group) is 1. The third-order valence-corrected chi connectivity index (χ3v) is 5.78. The van der Waals surface area contributed by atoms with E-state index in [9.17, 15) is 4.79 Å². The lowest BCUT2D eigenvalue weighted by atomic mass is 10.0. The summed E-state index contributed by atoms with van der Waals surface area (Å²) in [5.74, 6) is 1.42. The Morgan fingerprint density at radius 2 is 1.96 bits per heavy atom. The lowest BCUT2D eigenvalue weighted by Crippen LogP contribution is -2.53. The summed E-state index contributed by atoms with van der Waals surface area (Å²) in [5, 5.41) is 3.99. The summed E-state index contributed by atoms with van der Waals surface area (Å²) in [6.45, 7) is 5.86. The molecule has 2 saturated heterocycles. The first kappa shape index (κ1) is 16.1. The molecule has 1 aromatic rings. The third kappa shape index (κ3) is 3.49. The standard InChI is InChI=1S/C18H28N4O2/c1-20-7-3-2-4-15(20)13-21-8-10-22(11-9-21)18(23)16-12-17(24-19-16)14-5-6-14/h12,14-15H,2-11,13H2,1H3. The fourth-order valence-electron chi connectivity index (χ4n) is 3.92. The second-order valence-corrected chi connectivity index (χ2v) is 7.61. The minimum Gasteiger partial charge on any atom is -0.360 e. The van der Waals surface area contributed by atoms with Gasteiger partial charge in [0.05, 0.1) is 0 Å². The minimum absolute atomic E-state index is 0.0279. The topological polar surface area (TPSA) is 52.8 Å². The number of amides is 1. The van der Waals surface area contributed by atoms with Crippen molar-refractivity contribution in [3.63, 3.8) is 0 Å². The molecule has 132 valence electrons. The molecule has 3 aliphatic rings. The van der Waals surface area contributed by atoms with E-state index in [1.165, 1.54) is 25.8 Å². The zero-order valence-corrected chi connectivity index (χ0v) is 14.6. The van der Waals surface area contributed by atoms with Crippen LogP contribution in [0.15, 0.2) is 10.6 Å². The highest BCUT2D eigenvalue weighted by Crippen LogP contribution is 2.40. The van der Waals surface area contributed by atoms with Crippen molar-refractivity contribution >= 4 is 5.91 Å². The SMILES string of the molecule is CN1CCCCC1CN1CCN(C(=O)c2cc(C3CC3)on2)CC1. The summed E-state index contributed by atoms with van der Waals surface area (Å²) >= 11 is 0. The van der Waals surface area contributed by atoms with E-state index in [4.69, 9.17) is 4.52 Å². The molecular formula is C18H28N4O2. The van der Waals surface area contributed by atoms with Gasteiger partial charge in [-0.1, -0.05) is 11.6 Å². The monoisotopic (exact) mass is 332 g/mol. The summed E-state index contributed by atoms with van der Waals surface area (Å²) in [5.41, 5.74) is 0.484. The number of nitrogens with zero attached hydrogens (tertiary/aromatic N) is 4. The van der Waals surface area contributed by atoms with E-state index >= 15 is 0 Å². The van der Waals surface area contributed by atoms with Gasteiger partial charge in [-0.25, -0.2) is 0 Å². The summed E-state index contributed by atoms with van der Waals surface area (Å²) in [6.07, 6.45) is 6.31. The summed E-state index contributed by atoms with van der Waals surface area (Å²) in [6, 6.07) is 2.53. The smallest absolute Gasteiger partial charge is 0.276 e. The molecule has 1 aliphatic carbocycles. The fraction of sp³-hybridized carbons (Fsp3) is 0.778. The first-order valence-electron chi connectivity index (χ1n) is 9.39. The van der Waals surface area contributed by atoms with Crippen LogP contribution in [0.5, 0.6) is 0 Å². The molecule has 6 nitrogen and oxygen atoms in total. The molecule has 24 heavy (non-hydrogen) atoms. The maximum Gasteiger partial charge on any atom is 0.276 e. The predicted molar refractivity (Wildman–Crippen MR) is 91.1 cm³/mol. The molecule has 1 aromatic heterocycles. The van der Waals surface area contributed by atoms with Crippen molar-refractivity contribution in [2.45, 2.75) is 44.1 Å². The Kier molecular flexibility index (Phi) is 4.59. The highest BCUT2D eigenvalue weighted by atomic mass is 16.5. The van der Waals surface area contributed by atoms with Crippen LogP contribution in [0.25, 0.3) is 0 Å². The molecule has 4 rings (SSSR count). The van der Waals surface area contributed by atoms with E-state index in [2.05, 4.69) is 22.0 Å². The van der Waals surface area contributed by atoms with Crippen molar-refractivity contribution in [2.24, 2.45) is 0 Å². The number of hydrogen-bond acceptors (Lipinski definition) is 5. The van der Waals surface area contributed by atoms with Crippen LogP contribution in [0.4, 0.5) is 0 Å². The van der Waals surface area contributed by atoms with Crippen LogP contribution < -0.4 is 0 Å². The highest BCUT2D eigenvalue weighted by Gasteiger charge is 2.31. The molecule has 3 fully saturated rings. The molecule has 0 bridgehead atoms. The van der Waals surface area contributed by atoms with Gasteiger partial charge in [0.2, 0.25) is 0 Å². The number of hydrogen-bond donors (Lipinski definition) is 0. The number of carbonyl (C=O) groups excluding carboxylic acids is 1. The average Bonchev–Trinajstić information content (AvgIpc) is 3.34. The molecule has 1 saturated carbocycles. The van der Waals surface area contributed by atoms with Gasteiger partial charge in [0, 0.05) is 50.7 Å². The van der Waals surface area contributed by atoms with E-state index in [1.807, 2.05) is 11.0 Å². The Labute approximate surface area is 143 Å². The Balaban J connectivity index is 1.28. The normalized spacial score (nSPS) is 26.7. The van der Waals surface area contributed by atoms with E-state index < -0.39 is 0 Å². The average molecular weight is 332 g/mol. The molecule has 3 heterocycles.